The molecule has 2 aromatic carbocycles. The molecule has 14 heteroatoms. The Morgan fingerprint density at radius 1 is 0.837 bits per heavy atom. The van der Waals surface area contributed by atoms with E-state index >= 15 is 4.39 Å². The molecule has 1 aromatic heterocycles. The van der Waals surface area contributed by atoms with Crippen LogP contribution < -0.4 is 17.2 Å². The molecule has 0 fully saturated rings. The van der Waals surface area contributed by atoms with Crippen LogP contribution in [0.2, 0.25) is 5.02 Å². The molecular formula is C35H47ClFN5O7. The minimum absolute atomic E-state index is 0.0859. The van der Waals surface area contributed by atoms with Crippen molar-refractivity contribution in [2.24, 2.45) is 17.2 Å². The number of aryl methyl sites for hydroxylation is 3. The van der Waals surface area contributed by atoms with Gasteiger partial charge >= 0.3 is 0 Å². The second kappa shape index (κ2) is 24.3. The lowest BCUT2D eigenvalue weighted by atomic mass is 9.93. The van der Waals surface area contributed by atoms with Gasteiger partial charge in [0.15, 0.2) is 0 Å². The highest BCUT2D eigenvalue weighted by atomic mass is 35.5. The van der Waals surface area contributed by atoms with Gasteiger partial charge in [0.2, 0.25) is 5.91 Å². The van der Waals surface area contributed by atoms with Crippen LogP contribution in [0.15, 0.2) is 42.6 Å². The molecule has 268 valence electrons. The number of aromatic nitrogens is 1. The zero-order valence-corrected chi connectivity index (χ0v) is 28.7. The third-order valence-electron chi connectivity index (χ3n) is 6.91. The molecule has 0 saturated heterocycles. The highest BCUT2D eigenvalue weighted by molar-refractivity contribution is 6.30. The number of hydrogen-bond donors (Lipinski definition) is 4. The molecule has 3 aromatic rings. The Kier molecular flexibility index (Phi) is 20.5. The topological polar surface area (TPSA) is 198 Å². The number of carbonyl (C=O) groups excluding carboxylic acids is 2. The lowest BCUT2D eigenvalue weighted by Crippen LogP contribution is -2.15. The number of nitrogens with two attached hydrogens (primary N) is 3. The van der Waals surface area contributed by atoms with E-state index in [0.717, 1.165) is 11.1 Å². The first-order valence-corrected chi connectivity index (χ1v) is 16.4. The molecule has 0 spiro atoms. The van der Waals surface area contributed by atoms with Crippen molar-refractivity contribution >= 4 is 23.4 Å². The maximum atomic E-state index is 15.0. The van der Waals surface area contributed by atoms with E-state index in [-0.39, 0.29) is 28.3 Å². The van der Waals surface area contributed by atoms with Gasteiger partial charge in [-0.2, -0.15) is 5.26 Å². The summed E-state index contributed by atoms with van der Waals surface area (Å²) in [5.41, 5.74) is 18.8. The van der Waals surface area contributed by atoms with Crippen molar-refractivity contribution in [3.8, 4) is 17.2 Å². The van der Waals surface area contributed by atoms with Crippen molar-refractivity contribution in [3.63, 3.8) is 0 Å². The minimum atomic E-state index is -0.727. The normalized spacial score (nSPS) is 10.8. The quantitative estimate of drug-likeness (QED) is 0.106. The van der Waals surface area contributed by atoms with Crippen molar-refractivity contribution in [1.82, 2.24) is 4.98 Å². The van der Waals surface area contributed by atoms with E-state index in [0.29, 0.717) is 109 Å². The molecule has 12 nitrogen and oxygen atoms in total. The number of nitrogens with one attached hydrogen (secondary N) is 1. The van der Waals surface area contributed by atoms with Crippen molar-refractivity contribution in [2.75, 3.05) is 72.6 Å². The van der Waals surface area contributed by atoms with E-state index in [9.17, 15) is 14.9 Å². The summed E-state index contributed by atoms with van der Waals surface area (Å²) in [6.45, 7) is 7.21. The second-order valence-electron chi connectivity index (χ2n) is 10.7. The van der Waals surface area contributed by atoms with E-state index in [4.69, 9.17) is 52.5 Å². The van der Waals surface area contributed by atoms with E-state index in [1.807, 2.05) is 30.3 Å². The average Bonchev–Trinajstić information content (AvgIpc) is 3.49. The molecule has 2 amide bonds. The van der Waals surface area contributed by atoms with Gasteiger partial charge < -0.3 is 45.9 Å². The van der Waals surface area contributed by atoms with Crippen LogP contribution in [0.5, 0.6) is 0 Å². The van der Waals surface area contributed by atoms with Gasteiger partial charge in [-0.1, -0.05) is 29.8 Å². The zero-order valence-electron chi connectivity index (χ0n) is 27.9. The predicted molar refractivity (Wildman–Crippen MR) is 185 cm³/mol. The Morgan fingerprint density at radius 3 is 1.94 bits per heavy atom. The van der Waals surface area contributed by atoms with Gasteiger partial charge in [-0.25, -0.2) is 4.39 Å². The van der Waals surface area contributed by atoms with Crippen molar-refractivity contribution < 1.29 is 37.7 Å². The first kappa shape index (κ1) is 41.3. The Bertz CT molecular complexity index is 1460. The minimum Gasteiger partial charge on any atom is -0.379 e. The van der Waals surface area contributed by atoms with Gasteiger partial charge in [0.05, 0.1) is 65.0 Å². The molecule has 3 rings (SSSR count). The maximum absolute atomic E-state index is 15.0. The monoisotopic (exact) mass is 703 g/mol. The molecular weight excluding hydrogens is 657 g/mol. The van der Waals surface area contributed by atoms with Crippen LogP contribution in [0.4, 0.5) is 4.39 Å². The Hall–Kier alpha value is -3.87. The van der Waals surface area contributed by atoms with Crippen molar-refractivity contribution in [1.29, 1.82) is 5.26 Å². The molecule has 1 heterocycles. The Labute approximate surface area is 291 Å². The highest BCUT2D eigenvalue weighted by Crippen LogP contribution is 2.33. The molecule has 0 aliphatic carbocycles. The summed E-state index contributed by atoms with van der Waals surface area (Å²) < 4.78 is 42.0. The van der Waals surface area contributed by atoms with Crippen molar-refractivity contribution in [3.05, 3.63) is 81.4 Å². The lowest BCUT2D eigenvalue weighted by Gasteiger charge is -2.12. The van der Waals surface area contributed by atoms with Crippen LogP contribution in [-0.2, 0) is 41.3 Å². The van der Waals surface area contributed by atoms with Gasteiger partial charge in [0, 0.05) is 41.9 Å². The van der Waals surface area contributed by atoms with Gasteiger partial charge in [0.1, 0.15) is 17.6 Å². The molecule has 0 atom stereocenters. The summed E-state index contributed by atoms with van der Waals surface area (Å²) in [5.74, 6) is -1.52. The highest BCUT2D eigenvalue weighted by Gasteiger charge is 2.22. The molecule has 0 radical (unpaired) electrons. The van der Waals surface area contributed by atoms with Gasteiger partial charge in [-0.3, -0.25) is 9.59 Å². The van der Waals surface area contributed by atoms with Crippen LogP contribution in [0, 0.1) is 24.1 Å². The lowest BCUT2D eigenvalue weighted by molar-refractivity contribution is -0.118. The number of ether oxygens (including phenoxy) is 5. The second-order valence-corrected chi connectivity index (χ2v) is 11.2. The third-order valence-corrected chi connectivity index (χ3v) is 7.14. The van der Waals surface area contributed by atoms with Gasteiger partial charge in [0.25, 0.3) is 5.91 Å². The number of nitriles is 1. The molecule has 0 aliphatic rings. The molecule has 0 saturated carbocycles. The number of carbonyl (C=O) groups is 2. The number of aromatic amines is 1. The summed E-state index contributed by atoms with van der Waals surface area (Å²) in [4.78, 5) is 24.9. The summed E-state index contributed by atoms with van der Waals surface area (Å²) in [6, 6.07) is 12.6. The first-order valence-electron chi connectivity index (χ1n) is 16.0. The summed E-state index contributed by atoms with van der Waals surface area (Å²) in [7, 11) is 0. The fraction of sp³-hybridized carbons (Fsp3) is 0.457. The van der Waals surface area contributed by atoms with Crippen LogP contribution in [0.25, 0.3) is 11.1 Å². The molecule has 49 heavy (non-hydrogen) atoms. The first-order chi connectivity index (χ1) is 23.7. The summed E-state index contributed by atoms with van der Waals surface area (Å²) >= 11 is 5.74. The molecule has 0 unspecified atom stereocenters. The van der Waals surface area contributed by atoms with Gasteiger partial charge in [-0.15, -0.1) is 0 Å². The smallest absolute Gasteiger partial charge is 0.250 e. The number of hydrogen-bond acceptors (Lipinski definition) is 9. The fourth-order valence-electron chi connectivity index (χ4n) is 4.65. The predicted octanol–water partition coefficient (Wildman–Crippen LogP) is 3.83. The molecule has 0 aliphatic heterocycles. The average molecular weight is 704 g/mol. The number of benzene rings is 2. The largest absolute Gasteiger partial charge is 0.379 e. The van der Waals surface area contributed by atoms with E-state index in [2.05, 4.69) is 4.98 Å². The zero-order chi connectivity index (χ0) is 35.9. The number of halogens is 2. The molecule has 7 N–H and O–H groups in total. The standard InChI is InChI=1S/C26H37FN4O6.C9H10ClNO/c1-19-15-20(16-22(27)24(19)25-21(26(30)32)18-31-23(25)17-29)3-2-5-33-7-9-35-11-13-37-14-12-36-10-8-34-6-4-28;10-8-3-1-2-7(6-8)4-5-9(11)12/h15-16,18,31H,2-14,28H2,1H3,(H2,30,32);1-3,6H,4-5H2,(H2,11,12). The number of nitrogens with zero attached hydrogens (tertiary/aromatic N) is 1. The van der Waals surface area contributed by atoms with Crippen molar-refractivity contribution in [2.45, 2.75) is 32.6 Å². The number of rotatable bonds is 23. The number of H-pyrrole nitrogens is 1. The Balaban J connectivity index is 0.000000582. The number of amides is 2. The van der Waals surface area contributed by atoms with Crippen LogP contribution >= 0.6 is 11.6 Å². The maximum Gasteiger partial charge on any atom is 0.250 e. The SMILES string of the molecule is Cc1cc(CCCOCCOCCOCCOCCOCCN)cc(F)c1-c1c(C(N)=O)c[nH]c1C#N.NC(=O)CCc1cccc(Cl)c1. The van der Waals surface area contributed by atoms with Crippen LogP contribution in [0.1, 0.15) is 45.6 Å². The van der Waals surface area contributed by atoms with Crippen LogP contribution in [0.3, 0.4) is 0 Å². The van der Waals surface area contributed by atoms with E-state index < -0.39 is 11.7 Å². The third kappa shape index (κ3) is 16.4. The van der Waals surface area contributed by atoms with E-state index in [1.165, 1.54) is 12.3 Å². The van der Waals surface area contributed by atoms with Gasteiger partial charge in [-0.05, 0) is 61.1 Å². The summed E-state index contributed by atoms with van der Waals surface area (Å²) in [5, 5.41) is 10.0. The molecule has 0 bridgehead atoms. The Morgan fingerprint density at radius 2 is 1.43 bits per heavy atom. The fourth-order valence-corrected chi connectivity index (χ4v) is 4.86. The number of primary amides is 2. The van der Waals surface area contributed by atoms with E-state index in [1.54, 1.807) is 13.0 Å². The van der Waals surface area contributed by atoms with Crippen LogP contribution in [-0.4, -0.2) is 89.4 Å². The summed E-state index contributed by atoms with van der Waals surface area (Å²) in [6.07, 6.45) is 3.69.